The van der Waals surface area contributed by atoms with Gasteiger partial charge in [0.25, 0.3) is 0 Å². The lowest BCUT2D eigenvalue weighted by Gasteiger charge is -2.09. The number of carbonyl (C=O) groups is 3. The van der Waals surface area contributed by atoms with Crippen molar-refractivity contribution in [2.24, 2.45) is 0 Å². The van der Waals surface area contributed by atoms with E-state index in [9.17, 15) is 14.4 Å². The molecule has 0 heterocycles. The van der Waals surface area contributed by atoms with Crippen LogP contribution >= 0.6 is 11.6 Å². The summed E-state index contributed by atoms with van der Waals surface area (Å²) >= 11 is 6.06. The van der Waals surface area contributed by atoms with Gasteiger partial charge in [0.2, 0.25) is 17.7 Å². The van der Waals surface area contributed by atoms with E-state index in [1.165, 1.54) is 6.92 Å². The minimum absolute atomic E-state index is 0.114. The summed E-state index contributed by atoms with van der Waals surface area (Å²) in [5.74, 6) is -0.402. The third-order valence-corrected chi connectivity index (χ3v) is 3.12. The van der Waals surface area contributed by atoms with Crippen LogP contribution < -0.4 is 16.0 Å². The van der Waals surface area contributed by atoms with E-state index in [4.69, 9.17) is 11.6 Å². The molecule has 0 aliphatic heterocycles. The fourth-order valence-corrected chi connectivity index (χ4v) is 1.90. The summed E-state index contributed by atoms with van der Waals surface area (Å²) in [5, 5.41) is 8.37. The van der Waals surface area contributed by atoms with Gasteiger partial charge in [0.05, 0.1) is 10.7 Å². The van der Waals surface area contributed by atoms with Gasteiger partial charge in [-0.25, -0.2) is 0 Å². The summed E-state index contributed by atoms with van der Waals surface area (Å²) in [6.07, 6.45) is 1.22. The van der Waals surface area contributed by atoms with Crippen molar-refractivity contribution >= 4 is 40.7 Å². The van der Waals surface area contributed by atoms with Crippen LogP contribution in [0.4, 0.5) is 11.4 Å². The highest BCUT2D eigenvalue weighted by molar-refractivity contribution is 6.34. The van der Waals surface area contributed by atoms with Crippen molar-refractivity contribution in [2.75, 3.05) is 17.2 Å². The second-order valence-electron chi connectivity index (χ2n) is 4.73. The number of anilines is 2. The van der Waals surface area contributed by atoms with Crippen LogP contribution in [-0.4, -0.2) is 24.3 Å². The maximum atomic E-state index is 11.7. The first-order valence-electron chi connectivity index (χ1n) is 7.06. The van der Waals surface area contributed by atoms with Crippen LogP contribution in [0.5, 0.6) is 0 Å². The zero-order valence-corrected chi connectivity index (χ0v) is 13.4. The van der Waals surface area contributed by atoms with E-state index in [0.717, 1.165) is 0 Å². The van der Waals surface area contributed by atoms with Gasteiger partial charge in [-0.05, 0) is 24.6 Å². The van der Waals surface area contributed by atoms with Crippen molar-refractivity contribution in [1.29, 1.82) is 0 Å². The molecule has 1 rings (SSSR count). The van der Waals surface area contributed by atoms with E-state index >= 15 is 0 Å². The monoisotopic (exact) mass is 325 g/mol. The molecule has 0 atom stereocenters. The van der Waals surface area contributed by atoms with Gasteiger partial charge in [-0.2, -0.15) is 0 Å². The number of hydrogen-bond acceptors (Lipinski definition) is 3. The molecule has 1 aromatic carbocycles. The Balaban J connectivity index is 2.49. The van der Waals surface area contributed by atoms with Crippen molar-refractivity contribution in [1.82, 2.24) is 5.32 Å². The summed E-state index contributed by atoms with van der Waals surface area (Å²) in [5.41, 5.74) is 1.07. The van der Waals surface area contributed by atoms with Crippen LogP contribution in [0.1, 0.15) is 33.1 Å². The molecule has 0 aliphatic carbocycles. The summed E-state index contributed by atoms with van der Waals surface area (Å²) in [6.45, 7) is 3.64. The Kier molecular flexibility index (Phi) is 7.39. The van der Waals surface area contributed by atoms with E-state index in [2.05, 4.69) is 16.0 Å². The molecule has 6 nitrogen and oxygen atoms in total. The number of benzene rings is 1. The highest BCUT2D eigenvalue weighted by Crippen LogP contribution is 2.25. The molecular weight excluding hydrogens is 306 g/mol. The lowest BCUT2D eigenvalue weighted by molar-refractivity contribution is -0.119. The van der Waals surface area contributed by atoms with E-state index in [1.54, 1.807) is 25.1 Å². The minimum Gasteiger partial charge on any atom is -0.356 e. The number of halogens is 1. The summed E-state index contributed by atoms with van der Waals surface area (Å²) < 4.78 is 0. The molecular formula is C15H20ClN3O3. The normalized spacial score (nSPS) is 9.95. The Morgan fingerprint density at radius 1 is 1.14 bits per heavy atom. The predicted octanol–water partition coefficient (Wildman–Crippen LogP) is 2.54. The molecule has 0 aromatic heterocycles. The predicted molar refractivity (Wildman–Crippen MR) is 86.9 cm³/mol. The van der Waals surface area contributed by atoms with Crippen molar-refractivity contribution in [3.8, 4) is 0 Å². The molecule has 0 saturated carbocycles. The van der Waals surface area contributed by atoms with Gasteiger partial charge in [0.1, 0.15) is 0 Å². The number of nitrogens with one attached hydrogen (secondary N) is 3. The molecule has 22 heavy (non-hydrogen) atoms. The summed E-state index contributed by atoms with van der Waals surface area (Å²) in [7, 11) is 0. The molecule has 0 fully saturated rings. The first-order valence-corrected chi connectivity index (χ1v) is 7.44. The Morgan fingerprint density at radius 2 is 1.86 bits per heavy atom. The largest absolute Gasteiger partial charge is 0.356 e. The maximum Gasteiger partial charge on any atom is 0.224 e. The van der Waals surface area contributed by atoms with Crippen molar-refractivity contribution in [3.05, 3.63) is 23.2 Å². The summed E-state index contributed by atoms with van der Waals surface area (Å²) in [4.78, 5) is 33.8. The SMILES string of the molecule is CCC(=O)Nc1ccc(NC(=O)CCCNC(C)=O)cc1Cl. The van der Waals surface area contributed by atoms with Gasteiger partial charge in [0.15, 0.2) is 0 Å². The fraction of sp³-hybridized carbons (Fsp3) is 0.400. The topological polar surface area (TPSA) is 87.3 Å². The van der Waals surface area contributed by atoms with Gasteiger partial charge < -0.3 is 16.0 Å². The molecule has 0 aliphatic rings. The van der Waals surface area contributed by atoms with Crippen LogP contribution in [0.2, 0.25) is 5.02 Å². The molecule has 0 unspecified atom stereocenters. The zero-order valence-electron chi connectivity index (χ0n) is 12.7. The number of hydrogen-bond donors (Lipinski definition) is 3. The van der Waals surface area contributed by atoms with Crippen LogP contribution in [0, 0.1) is 0 Å². The Bertz CT molecular complexity index is 561. The first-order chi connectivity index (χ1) is 10.4. The summed E-state index contributed by atoms with van der Waals surface area (Å²) in [6, 6.07) is 4.89. The van der Waals surface area contributed by atoms with E-state index in [0.29, 0.717) is 42.2 Å². The second kappa shape index (κ2) is 9.04. The van der Waals surface area contributed by atoms with Gasteiger partial charge in [-0.15, -0.1) is 0 Å². The van der Waals surface area contributed by atoms with Gasteiger partial charge in [-0.1, -0.05) is 18.5 Å². The van der Waals surface area contributed by atoms with Crippen LogP contribution in [0.3, 0.4) is 0 Å². The lowest BCUT2D eigenvalue weighted by Crippen LogP contribution is -2.22. The van der Waals surface area contributed by atoms with E-state index in [1.807, 2.05) is 0 Å². The maximum absolute atomic E-state index is 11.7. The van der Waals surface area contributed by atoms with Crippen LogP contribution in [0.15, 0.2) is 18.2 Å². The molecule has 3 amide bonds. The van der Waals surface area contributed by atoms with Crippen molar-refractivity contribution in [3.63, 3.8) is 0 Å². The number of carbonyl (C=O) groups excluding carboxylic acids is 3. The highest BCUT2D eigenvalue weighted by atomic mass is 35.5. The molecule has 0 saturated heterocycles. The molecule has 3 N–H and O–H groups in total. The number of amides is 3. The quantitative estimate of drug-likeness (QED) is 0.673. The van der Waals surface area contributed by atoms with Crippen LogP contribution in [-0.2, 0) is 14.4 Å². The van der Waals surface area contributed by atoms with Gasteiger partial charge in [0, 0.05) is 32.0 Å². The van der Waals surface area contributed by atoms with Gasteiger partial charge >= 0.3 is 0 Å². The average Bonchev–Trinajstić information content (AvgIpc) is 2.46. The molecule has 0 spiro atoms. The Labute approximate surface area is 134 Å². The third-order valence-electron chi connectivity index (χ3n) is 2.80. The van der Waals surface area contributed by atoms with Crippen molar-refractivity contribution < 1.29 is 14.4 Å². The standard InChI is InChI=1S/C15H20ClN3O3/c1-3-14(21)19-13-7-6-11(9-12(13)16)18-15(22)5-4-8-17-10(2)20/h6-7,9H,3-5,8H2,1-2H3,(H,17,20)(H,18,22)(H,19,21). The highest BCUT2D eigenvalue weighted by Gasteiger charge is 2.07. The smallest absolute Gasteiger partial charge is 0.224 e. The Hall–Kier alpha value is -2.08. The fourth-order valence-electron chi connectivity index (χ4n) is 1.67. The molecule has 7 heteroatoms. The average molecular weight is 326 g/mol. The van der Waals surface area contributed by atoms with Crippen molar-refractivity contribution in [2.45, 2.75) is 33.1 Å². The number of rotatable bonds is 7. The van der Waals surface area contributed by atoms with E-state index in [-0.39, 0.29) is 17.7 Å². The first kappa shape index (κ1) is 18.0. The molecule has 0 radical (unpaired) electrons. The lowest BCUT2D eigenvalue weighted by atomic mass is 10.2. The van der Waals surface area contributed by atoms with Crippen LogP contribution in [0.25, 0.3) is 0 Å². The van der Waals surface area contributed by atoms with E-state index < -0.39 is 0 Å². The molecule has 1 aromatic rings. The van der Waals surface area contributed by atoms with Gasteiger partial charge in [-0.3, -0.25) is 14.4 Å². The minimum atomic E-state index is -0.160. The molecule has 0 bridgehead atoms. The Morgan fingerprint density at radius 3 is 2.45 bits per heavy atom. The second-order valence-corrected chi connectivity index (χ2v) is 5.14. The zero-order chi connectivity index (χ0) is 16.5. The molecule has 120 valence electrons. The third kappa shape index (κ3) is 6.58.